The molecule has 0 saturated carbocycles. The highest BCUT2D eigenvalue weighted by Crippen LogP contribution is 2.23. The molecular formula is C18H24ClN7O2. The molecule has 150 valence electrons. The van der Waals surface area contributed by atoms with Gasteiger partial charge in [-0.1, -0.05) is 17.7 Å². The summed E-state index contributed by atoms with van der Waals surface area (Å²) in [4.78, 5) is 17.1. The van der Waals surface area contributed by atoms with Crippen LogP contribution in [-0.4, -0.2) is 52.9 Å². The lowest BCUT2D eigenvalue weighted by molar-refractivity contribution is -0.385. The van der Waals surface area contributed by atoms with Crippen LogP contribution in [0.4, 0.5) is 11.4 Å². The first-order chi connectivity index (χ1) is 13.5. The summed E-state index contributed by atoms with van der Waals surface area (Å²) in [6.07, 6.45) is 3.66. The van der Waals surface area contributed by atoms with Crippen LogP contribution in [0.1, 0.15) is 13.3 Å². The molecule has 0 amide bonds. The van der Waals surface area contributed by atoms with Gasteiger partial charge in [0.1, 0.15) is 12.4 Å². The number of aromatic nitrogens is 2. The smallest absolute Gasteiger partial charge is 0.306 e. The Morgan fingerprint density at radius 2 is 2.36 bits per heavy atom. The zero-order valence-corrected chi connectivity index (χ0v) is 16.5. The lowest BCUT2D eigenvalue weighted by Gasteiger charge is -2.20. The van der Waals surface area contributed by atoms with Gasteiger partial charge >= 0.3 is 5.69 Å². The lowest BCUT2D eigenvalue weighted by Crippen LogP contribution is -2.44. The van der Waals surface area contributed by atoms with Crippen molar-refractivity contribution in [2.45, 2.75) is 25.9 Å². The molecule has 1 aliphatic heterocycles. The van der Waals surface area contributed by atoms with Crippen LogP contribution in [0.2, 0.25) is 5.02 Å². The maximum Gasteiger partial charge on any atom is 0.306 e. The van der Waals surface area contributed by atoms with E-state index >= 15 is 0 Å². The minimum absolute atomic E-state index is 0.0129. The second-order valence-corrected chi connectivity index (χ2v) is 6.97. The molecule has 1 fully saturated rings. The van der Waals surface area contributed by atoms with E-state index in [1.807, 2.05) is 25.1 Å². The molecule has 1 aromatic heterocycles. The fourth-order valence-electron chi connectivity index (χ4n) is 3.13. The second-order valence-electron chi connectivity index (χ2n) is 6.54. The van der Waals surface area contributed by atoms with E-state index in [0.29, 0.717) is 13.1 Å². The first kappa shape index (κ1) is 19.9. The van der Waals surface area contributed by atoms with Crippen molar-refractivity contribution in [2.75, 3.05) is 31.1 Å². The number of nitro groups is 1. The Morgan fingerprint density at radius 3 is 3.07 bits per heavy atom. The van der Waals surface area contributed by atoms with Crippen LogP contribution in [0.5, 0.6) is 0 Å². The third kappa shape index (κ3) is 5.35. The van der Waals surface area contributed by atoms with E-state index in [1.165, 1.54) is 17.1 Å². The molecule has 0 aliphatic carbocycles. The average Bonchev–Trinajstić information content (AvgIpc) is 3.32. The maximum absolute atomic E-state index is 10.7. The Balaban J connectivity index is 1.53. The van der Waals surface area contributed by atoms with Crippen molar-refractivity contribution in [1.29, 1.82) is 0 Å². The Labute approximate surface area is 168 Å². The van der Waals surface area contributed by atoms with Crippen molar-refractivity contribution >= 4 is 28.9 Å². The number of halogens is 1. The van der Waals surface area contributed by atoms with E-state index in [0.717, 1.165) is 42.7 Å². The quantitative estimate of drug-likeness (QED) is 0.317. The molecule has 1 saturated heterocycles. The standard InChI is InChI=1S/C18H24ClN7O2/c1-2-20-18(21-7-9-25-13-17(11-22-25)26(27)28)23-15-6-8-24(12-15)16-5-3-4-14(19)10-16/h3-5,10-11,13,15H,2,6-9,12H2,1H3,(H2,20,21,23). The topological polar surface area (TPSA) is 101 Å². The van der Waals surface area contributed by atoms with Gasteiger partial charge in [0.15, 0.2) is 5.96 Å². The summed E-state index contributed by atoms with van der Waals surface area (Å²) in [5.41, 5.74) is 1.11. The largest absolute Gasteiger partial charge is 0.369 e. The second kappa shape index (κ2) is 9.41. The van der Waals surface area contributed by atoms with Crippen molar-refractivity contribution in [3.63, 3.8) is 0 Å². The van der Waals surface area contributed by atoms with Crippen LogP contribution >= 0.6 is 11.6 Å². The van der Waals surface area contributed by atoms with Gasteiger partial charge in [0, 0.05) is 36.4 Å². The molecule has 0 radical (unpaired) electrons. The monoisotopic (exact) mass is 405 g/mol. The molecule has 1 aromatic carbocycles. The molecule has 28 heavy (non-hydrogen) atoms. The molecule has 9 nitrogen and oxygen atoms in total. The summed E-state index contributed by atoms with van der Waals surface area (Å²) in [6, 6.07) is 8.16. The Morgan fingerprint density at radius 1 is 1.50 bits per heavy atom. The van der Waals surface area contributed by atoms with E-state index in [1.54, 1.807) is 0 Å². The first-order valence-corrected chi connectivity index (χ1v) is 9.65. The predicted octanol–water partition coefficient (Wildman–Crippen LogP) is 2.28. The van der Waals surface area contributed by atoms with Crippen LogP contribution in [0.25, 0.3) is 0 Å². The minimum Gasteiger partial charge on any atom is -0.369 e. The third-order valence-electron chi connectivity index (χ3n) is 4.48. The summed E-state index contributed by atoms with van der Waals surface area (Å²) in [5.74, 6) is 0.738. The lowest BCUT2D eigenvalue weighted by atomic mass is 10.3. The van der Waals surface area contributed by atoms with E-state index in [2.05, 4.69) is 31.7 Å². The highest BCUT2D eigenvalue weighted by molar-refractivity contribution is 6.30. The van der Waals surface area contributed by atoms with Crippen LogP contribution in [-0.2, 0) is 6.54 Å². The highest BCUT2D eigenvalue weighted by atomic mass is 35.5. The molecule has 10 heteroatoms. The molecule has 1 atom stereocenters. The highest BCUT2D eigenvalue weighted by Gasteiger charge is 2.23. The van der Waals surface area contributed by atoms with Crippen LogP contribution in [0, 0.1) is 10.1 Å². The maximum atomic E-state index is 10.7. The number of guanidine groups is 1. The minimum atomic E-state index is -0.454. The fourth-order valence-corrected chi connectivity index (χ4v) is 3.32. The van der Waals surface area contributed by atoms with Crippen LogP contribution < -0.4 is 15.5 Å². The van der Waals surface area contributed by atoms with Crippen molar-refractivity contribution in [3.05, 3.63) is 51.8 Å². The average molecular weight is 406 g/mol. The summed E-state index contributed by atoms with van der Waals surface area (Å²) in [5, 5.41) is 22.1. The molecule has 2 aromatic rings. The summed E-state index contributed by atoms with van der Waals surface area (Å²) in [7, 11) is 0. The van der Waals surface area contributed by atoms with Crippen LogP contribution in [0.15, 0.2) is 41.7 Å². The van der Waals surface area contributed by atoms with Crippen molar-refractivity contribution in [1.82, 2.24) is 20.4 Å². The molecule has 3 rings (SSSR count). The van der Waals surface area contributed by atoms with Gasteiger partial charge in [0.05, 0.1) is 18.0 Å². The van der Waals surface area contributed by atoms with Gasteiger partial charge in [-0.3, -0.25) is 19.8 Å². The van der Waals surface area contributed by atoms with Gasteiger partial charge in [0.25, 0.3) is 0 Å². The Kier molecular flexibility index (Phi) is 6.70. The van der Waals surface area contributed by atoms with Crippen molar-refractivity contribution < 1.29 is 4.92 Å². The summed E-state index contributed by atoms with van der Waals surface area (Å²) in [6.45, 7) is 5.54. The predicted molar refractivity (Wildman–Crippen MR) is 110 cm³/mol. The number of aliphatic imine (C=N–C) groups is 1. The summed E-state index contributed by atoms with van der Waals surface area (Å²) < 4.78 is 1.53. The van der Waals surface area contributed by atoms with Gasteiger partial charge in [-0.05, 0) is 31.5 Å². The van der Waals surface area contributed by atoms with E-state index in [9.17, 15) is 10.1 Å². The van der Waals surface area contributed by atoms with Crippen LogP contribution in [0.3, 0.4) is 0 Å². The first-order valence-electron chi connectivity index (χ1n) is 9.27. The molecule has 1 aliphatic rings. The summed E-state index contributed by atoms with van der Waals surface area (Å²) >= 11 is 6.10. The SMILES string of the molecule is CCNC(=NCCn1cc([N+](=O)[O-])cn1)NC1CCN(c2cccc(Cl)c2)C1. The third-order valence-corrected chi connectivity index (χ3v) is 4.71. The van der Waals surface area contributed by atoms with Crippen molar-refractivity contribution in [3.8, 4) is 0 Å². The zero-order chi connectivity index (χ0) is 19.9. The number of anilines is 1. The normalized spacial score (nSPS) is 17.0. The molecular weight excluding hydrogens is 382 g/mol. The number of rotatable bonds is 7. The number of nitrogens with one attached hydrogen (secondary N) is 2. The number of nitrogens with zero attached hydrogens (tertiary/aromatic N) is 5. The van der Waals surface area contributed by atoms with Gasteiger partial charge in [0.2, 0.25) is 0 Å². The molecule has 2 heterocycles. The molecule has 1 unspecified atom stereocenters. The molecule has 0 bridgehead atoms. The van der Waals surface area contributed by atoms with E-state index < -0.39 is 4.92 Å². The van der Waals surface area contributed by atoms with Gasteiger partial charge in [-0.25, -0.2) is 0 Å². The zero-order valence-electron chi connectivity index (χ0n) is 15.7. The number of benzene rings is 1. The molecule has 2 N–H and O–H groups in total. The van der Waals surface area contributed by atoms with Gasteiger partial charge in [-0.15, -0.1) is 0 Å². The Hall–Kier alpha value is -2.81. The Bertz CT molecular complexity index is 839. The van der Waals surface area contributed by atoms with Crippen molar-refractivity contribution in [2.24, 2.45) is 4.99 Å². The van der Waals surface area contributed by atoms with Gasteiger partial charge in [-0.2, -0.15) is 5.10 Å². The fraction of sp³-hybridized carbons (Fsp3) is 0.444. The molecule has 0 spiro atoms. The van der Waals surface area contributed by atoms with Gasteiger partial charge < -0.3 is 15.5 Å². The van der Waals surface area contributed by atoms with E-state index in [-0.39, 0.29) is 11.7 Å². The number of hydrogen-bond acceptors (Lipinski definition) is 5. The van der Waals surface area contributed by atoms with E-state index in [4.69, 9.17) is 11.6 Å². The number of hydrogen-bond donors (Lipinski definition) is 2.